The Kier molecular flexibility index (Phi) is 7.02. The second-order valence-electron chi connectivity index (χ2n) is 7.22. The van der Waals surface area contributed by atoms with Crippen LogP contribution >= 0.6 is 34.8 Å². The van der Waals surface area contributed by atoms with Crippen LogP contribution in [0.5, 0.6) is 5.75 Å². The second kappa shape index (κ2) is 9.92. The molecule has 0 aliphatic carbocycles. The number of piperazine rings is 1. The Morgan fingerprint density at radius 1 is 0.968 bits per heavy atom. The largest absolute Gasteiger partial charge is 0.470 e. The van der Waals surface area contributed by atoms with E-state index in [9.17, 15) is 4.79 Å². The van der Waals surface area contributed by atoms with E-state index in [0.717, 1.165) is 25.2 Å². The molecule has 0 atom stereocenters. The monoisotopic (exact) mass is 478 g/mol. The van der Waals surface area contributed by atoms with Crippen molar-refractivity contribution in [2.75, 3.05) is 26.2 Å². The van der Waals surface area contributed by atoms with E-state index >= 15 is 0 Å². The molecule has 6 nitrogen and oxygen atoms in total. The summed E-state index contributed by atoms with van der Waals surface area (Å²) in [5.74, 6) is 0.483. The maximum atomic E-state index is 13.0. The molecule has 0 spiro atoms. The number of halogens is 3. The predicted octanol–water partition coefficient (Wildman–Crippen LogP) is 4.84. The lowest BCUT2D eigenvalue weighted by Crippen LogP contribution is -2.48. The van der Waals surface area contributed by atoms with Crippen LogP contribution in [0.15, 0.2) is 54.7 Å². The number of carbonyl (C=O) groups is 1. The highest BCUT2D eigenvalue weighted by atomic mass is 35.5. The van der Waals surface area contributed by atoms with Crippen LogP contribution in [0.3, 0.4) is 0 Å². The number of hydrogen-bond donors (Lipinski definition) is 0. The van der Waals surface area contributed by atoms with Gasteiger partial charge in [0.1, 0.15) is 11.4 Å². The molecular formula is C22H21Cl3N4O2. The molecule has 0 unspecified atom stereocenters. The van der Waals surface area contributed by atoms with Crippen molar-refractivity contribution in [1.82, 2.24) is 19.6 Å². The minimum Gasteiger partial charge on any atom is -0.470 e. The van der Waals surface area contributed by atoms with E-state index in [2.05, 4.69) is 10.00 Å². The fourth-order valence-corrected chi connectivity index (χ4v) is 4.13. The Bertz CT molecular complexity index is 1060. The van der Waals surface area contributed by atoms with Gasteiger partial charge in [0.2, 0.25) is 0 Å². The van der Waals surface area contributed by atoms with E-state index in [0.29, 0.717) is 39.6 Å². The molecule has 2 aromatic carbocycles. The summed E-state index contributed by atoms with van der Waals surface area (Å²) in [6, 6.07) is 14.4. The van der Waals surface area contributed by atoms with E-state index in [1.54, 1.807) is 35.1 Å². The molecule has 1 aromatic heterocycles. The maximum Gasteiger partial charge on any atom is 0.272 e. The molecule has 0 bridgehead atoms. The average Bonchev–Trinajstić information content (AvgIpc) is 3.24. The lowest BCUT2D eigenvalue weighted by Gasteiger charge is -2.34. The topological polar surface area (TPSA) is 50.6 Å². The number of benzene rings is 2. The third-order valence-electron chi connectivity index (χ3n) is 5.18. The summed E-state index contributed by atoms with van der Waals surface area (Å²) in [6.07, 6.45) is 1.60. The van der Waals surface area contributed by atoms with Gasteiger partial charge in [-0.15, -0.1) is 0 Å². The van der Waals surface area contributed by atoms with Crippen molar-refractivity contribution in [3.05, 3.63) is 81.1 Å². The van der Waals surface area contributed by atoms with Crippen LogP contribution in [-0.2, 0) is 13.3 Å². The van der Waals surface area contributed by atoms with Crippen LogP contribution < -0.4 is 4.74 Å². The molecule has 3 aromatic rings. The quantitative estimate of drug-likeness (QED) is 0.508. The summed E-state index contributed by atoms with van der Waals surface area (Å²) >= 11 is 18.4. The Morgan fingerprint density at radius 2 is 1.74 bits per heavy atom. The number of carbonyl (C=O) groups excluding carboxylic acids is 1. The molecule has 0 saturated carbocycles. The van der Waals surface area contributed by atoms with E-state index in [-0.39, 0.29) is 12.6 Å². The minimum absolute atomic E-state index is 0.0653. The zero-order valence-electron chi connectivity index (χ0n) is 16.7. The Hall–Kier alpha value is -2.25. The van der Waals surface area contributed by atoms with Gasteiger partial charge >= 0.3 is 0 Å². The molecular weight excluding hydrogens is 459 g/mol. The highest BCUT2D eigenvalue weighted by Gasteiger charge is 2.25. The number of hydrogen-bond acceptors (Lipinski definition) is 4. The molecule has 9 heteroatoms. The SMILES string of the molecule is O=C(c1ccnn1COc1ccccc1Cl)N1CCN(Cc2ccc(Cl)cc2Cl)CC1. The van der Waals surface area contributed by atoms with Crippen LogP contribution in [-0.4, -0.2) is 51.7 Å². The average molecular weight is 480 g/mol. The number of ether oxygens (including phenoxy) is 1. The summed E-state index contributed by atoms with van der Waals surface area (Å²) in [4.78, 5) is 17.2. The zero-order chi connectivity index (χ0) is 21.8. The third kappa shape index (κ3) is 5.33. The highest BCUT2D eigenvalue weighted by molar-refractivity contribution is 6.35. The number of para-hydroxylation sites is 1. The Morgan fingerprint density at radius 3 is 2.48 bits per heavy atom. The zero-order valence-corrected chi connectivity index (χ0v) is 18.9. The van der Waals surface area contributed by atoms with Crippen LogP contribution in [0.2, 0.25) is 15.1 Å². The van der Waals surface area contributed by atoms with Crippen molar-refractivity contribution in [2.45, 2.75) is 13.3 Å². The van der Waals surface area contributed by atoms with E-state index < -0.39 is 0 Å². The highest BCUT2D eigenvalue weighted by Crippen LogP contribution is 2.24. The molecule has 31 heavy (non-hydrogen) atoms. The summed E-state index contributed by atoms with van der Waals surface area (Å²) in [6.45, 7) is 3.60. The molecule has 1 fully saturated rings. The first-order valence-corrected chi connectivity index (χ1v) is 11.0. The van der Waals surface area contributed by atoms with Crippen molar-refractivity contribution in [1.29, 1.82) is 0 Å². The van der Waals surface area contributed by atoms with Gasteiger partial charge in [-0.1, -0.05) is 53.0 Å². The molecule has 0 radical (unpaired) electrons. The van der Waals surface area contributed by atoms with Gasteiger partial charge in [-0.25, -0.2) is 4.68 Å². The van der Waals surface area contributed by atoms with Gasteiger partial charge < -0.3 is 9.64 Å². The fourth-order valence-electron chi connectivity index (χ4n) is 3.47. The molecule has 4 rings (SSSR count). The van der Waals surface area contributed by atoms with Crippen molar-refractivity contribution >= 4 is 40.7 Å². The van der Waals surface area contributed by atoms with Crippen molar-refractivity contribution in [2.24, 2.45) is 0 Å². The van der Waals surface area contributed by atoms with Crippen LogP contribution in [0, 0.1) is 0 Å². The Balaban J connectivity index is 1.34. The molecule has 1 aliphatic heterocycles. The Labute approximate surface area is 195 Å². The predicted molar refractivity (Wildman–Crippen MR) is 122 cm³/mol. The molecule has 1 aliphatic rings. The van der Waals surface area contributed by atoms with Gasteiger partial charge in [-0.3, -0.25) is 9.69 Å². The fraction of sp³-hybridized carbons (Fsp3) is 0.273. The van der Waals surface area contributed by atoms with Crippen molar-refractivity contribution < 1.29 is 9.53 Å². The lowest BCUT2D eigenvalue weighted by atomic mass is 10.2. The smallest absolute Gasteiger partial charge is 0.272 e. The van der Waals surface area contributed by atoms with E-state index in [1.807, 2.05) is 29.2 Å². The van der Waals surface area contributed by atoms with E-state index in [1.165, 1.54) is 0 Å². The first kappa shape index (κ1) is 22.0. The standard InChI is InChI=1S/C22H21Cl3N4O2/c23-17-6-5-16(19(25)13-17)14-27-9-11-28(12-10-27)22(30)20-7-8-26-29(20)15-31-21-4-2-1-3-18(21)24/h1-8,13H,9-12,14-15H2. The third-order valence-corrected chi connectivity index (χ3v) is 6.08. The first-order valence-electron chi connectivity index (χ1n) is 9.86. The van der Waals surface area contributed by atoms with Gasteiger partial charge in [0.25, 0.3) is 5.91 Å². The van der Waals surface area contributed by atoms with Crippen LogP contribution in [0.25, 0.3) is 0 Å². The molecule has 162 valence electrons. The number of rotatable bonds is 6. The van der Waals surface area contributed by atoms with Gasteiger partial charge in [0, 0.05) is 49.0 Å². The van der Waals surface area contributed by atoms with Crippen molar-refractivity contribution in [3.8, 4) is 5.75 Å². The van der Waals surface area contributed by atoms with Gasteiger partial charge in [-0.05, 0) is 35.9 Å². The summed E-state index contributed by atoms with van der Waals surface area (Å²) < 4.78 is 7.28. The van der Waals surface area contributed by atoms with Crippen molar-refractivity contribution in [3.63, 3.8) is 0 Å². The van der Waals surface area contributed by atoms with Crippen LogP contribution in [0.1, 0.15) is 16.1 Å². The number of nitrogens with zero attached hydrogens (tertiary/aromatic N) is 4. The lowest BCUT2D eigenvalue weighted by molar-refractivity contribution is 0.0607. The molecule has 2 heterocycles. The van der Waals surface area contributed by atoms with Crippen LogP contribution in [0.4, 0.5) is 0 Å². The van der Waals surface area contributed by atoms with Gasteiger partial charge in [-0.2, -0.15) is 5.10 Å². The maximum absolute atomic E-state index is 13.0. The first-order chi connectivity index (χ1) is 15.0. The van der Waals surface area contributed by atoms with Gasteiger partial charge in [0.05, 0.1) is 5.02 Å². The summed E-state index contributed by atoms with van der Waals surface area (Å²) in [7, 11) is 0. The van der Waals surface area contributed by atoms with Gasteiger partial charge in [0.15, 0.2) is 6.73 Å². The summed E-state index contributed by atoms with van der Waals surface area (Å²) in [5.41, 5.74) is 1.52. The minimum atomic E-state index is -0.0653. The molecule has 0 N–H and O–H groups in total. The van der Waals surface area contributed by atoms with E-state index in [4.69, 9.17) is 39.5 Å². The molecule has 1 amide bonds. The summed E-state index contributed by atoms with van der Waals surface area (Å²) in [5, 5.41) is 6.03. The number of aromatic nitrogens is 2. The number of amides is 1. The normalized spacial score (nSPS) is 14.6. The second-order valence-corrected chi connectivity index (χ2v) is 8.47. The molecule has 1 saturated heterocycles.